The average Bonchev–Trinajstić information content (AvgIpc) is 3.12. The molecule has 0 radical (unpaired) electrons. The summed E-state index contributed by atoms with van der Waals surface area (Å²) in [5.74, 6) is -13.2. The maximum atomic E-state index is 13.7. The molecule has 0 spiro atoms. The van der Waals surface area contributed by atoms with Crippen molar-refractivity contribution in [3.8, 4) is 0 Å². The van der Waals surface area contributed by atoms with E-state index in [1.54, 1.807) is 18.5 Å². The van der Waals surface area contributed by atoms with Gasteiger partial charge in [-0.05, 0) is 37.2 Å². The van der Waals surface area contributed by atoms with Gasteiger partial charge in [0.2, 0.25) is 35.4 Å². The fourth-order valence-electron chi connectivity index (χ4n) is 4.88. The summed E-state index contributed by atoms with van der Waals surface area (Å²) in [6.07, 6.45) is -10.2. The van der Waals surface area contributed by atoms with Crippen LogP contribution in [0.15, 0.2) is 0 Å². The molecule has 58 heavy (non-hydrogen) atoms. The number of hydrogen-bond acceptors (Lipinski definition) is 12. The lowest BCUT2D eigenvalue weighted by Gasteiger charge is -2.29. The molecule has 0 aromatic carbocycles. The molecule has 0 aromatic heterocycles. The standard InChI is InChI=1S/C33H49F3N6O15S/c1-4-16(2)27(32(57)41-18(5-8-23(45)46)28(53)37-17(15-43)14-33(34,35)36)42-30(55)20(11-12-58-3)40-29(54)19(6-9-24(47)48)39-31(56)21(13-26(51)52)38-22(44)7-10-25(49)50/h15-21,27H,4-14H2,1-3H3,(H,37,53)(H,38,44)(H,39,56)(H,40,54)(H,41,57)(H,42,55)(H,45,46)(H,47,48)(H,49,50)(H,51,52)/t16-,17-,18-,19-,20-,21-,27+/m0/s1. The Morgan fingerprint density at radius 3 is 1.48 bits per heavy atom. The molecule has 0 saturated carbocycles. The number of thioether (sulfide) groups is 1. The first-order valence-electron chi connectivity index (χ1n) is 17.6. The maximum absolute atomic E-state index is 13.7. The summed E-state index contributed by atoms with van der Waals surface area (Å²) < 4.78 is 38.7. The highest BCUT2D eigenvalue weighted by molar-refractivity contribution is 7.98. The number of rotatable bonds is 29. The molecule has 10 N–H and O–H groups in total. The topological polar surface area (TPSA) is 341 Å². The minimum Gasteiger partial charge on any atom is -0.481 e. The number of aliphatic carboxylic acids is 4. The lowest BCUT2D eigenvalue weighted by atomic mass is 9.96. The molecule has 0 rings (SSSR count). The first kappa shape index (κ1) is 52.5. The van der Waals surface area contributed by atoms with Crippen molar-refractivity contribution in [2.75, 3.05) is 12.0 Å². The third-order valence-corrected chi connectivity index (χ3v) is 8.78. The van der Waals surface area contributed by atoms with Crippen LogP contribution in [0.2, 0.25) is 0 Å². The van der Waals surface area contributed by atoms with Crippen molar-refractivity contribution >= 4 is 77.4 Å². The van der Waals surface area contributed by atoms with Crippen LogP contribution in [0.3, 0.4) is 0 Å². The van der Waals surface area contributed by atoms with Gasteiger partial charge >= 0.3 is 30.1 Å². The number of alkyl halides is 3. The molecule has 0 bridgehead atoms. The second kappa shape index (κ2) is 26.4. The molecular weight excluding hydrogens is 809 g/mol. The van der Waals surface area contributed by atoms with Gasteiger partial charge in [-0.3, -0.25) is 47.9 Å². The fourth-order valence-corrected chi connectivity index (χ4v) is 5.35. The third kappa shape index (κ3) is 22.3. The Bertz CT molecular complexity index is 1500. The molecule has 0 aliphatic carbocycles. The molecule has 0 saturated heterocycles. The number of hydrogen-bond donors (Lipinski definition) is 10. The second-order valence-electron chi connectivity index (χ2n) is 12.9. The molecule has 25 heteroatoms. The summed E-state index contributed by atoms with van der Waals surface area (Å²) in [5.41, 5.74) is 0. The van der Waals surface area contributed by atoms with Crippen molar-refractivity contribution in [3.63, 3.8) is 0 Å². The van der Waals surface area contributed by atoms with Gasteiger partial charge in [-0.15, -0.1) is 0 Å². The molecule has 0 aromatic rings. The van der Waals surface area contributed by atoms with Crippen LogP contribution >= 0.6 is 11.8 Å². The maximum Gasteiger partial charge on any atom is 0.391 e. The molecule has 0 fully saturated rings. The first-order chi connectivity index (χ1) is 26.9. The van der Waals surface area contributed by atoms with E-state index in [-0.39, 0.29) is 24.9 Å². The second-order valence-corrected chi connectivity index (χ2v) is 13.9. The van der Waals surface area contributed by atoms with Crippen LogP contribution in [0.4, 0.5) is 13.2 Å². The summed E-state index contributed by atoms with van der Waals surface area (Å²) in [5, 5.41) is 49.4. The van der Waals surface area contributed by atoms with Crippen LogP contribution in [-0.4, -0.2) is 140 Å². The van der Waals surface area contributed by atoms with E-state index in [1.165, 1.54) is 18.7 Å². The van der Waals surface area contributed by atoms with Gasteiger partial charge < -0.3 is 57.1 Å². The highest BCUT2D eigenvalue weighted by atomic mass is 32.2. The molecule has 7 atom stereocenters. The Balaban J connectivity index is 6.42. The van der Waals surface area contributed by atoms with Crippen LogP contribution in [0, 0.1) is 5.92 Å². The van der Waals surface area contributed by atoms with Crippen LogP contribution in [0.5, 0.6) is 0 Å². The van der Waals surface area contributed by atoms with Crippen molar-refractivity contribution in [1.82, 2.24) is 31.9 Å². The quantitative estimate of drug-likeness (QED) is 0.0400. The van der Waals surface area contributed by atoms with Crippen LogP contribution in [-0.2, 0) is 52.7 Å². The van der Waals surface area contributed by atoms with Crippen molar-refractivity contribution in [3.05, 3.63) is 0 Å². The highest BCUT2D eigenvalue weighted by Crippen LogP contribution is 2.21. The minimum atomic E-state index is -4.88. The molecule has 6 amide bonds. The zero-order valence-electron chi connectivity index (χ0n) is 31.7. The molecule has 21 nitrogen and oxygen atoms in total. The van der Waals surface area contributed by atoms with E-state index >= 15 is 0 Å². The average molecular weight is 859 g/mol. The normalized spacial score (nSPS) is 14.7. The Morgan fingerprint density at radius 1 is 0.603 bits per heavy atom. The van der Waals surface area contributed by atoms with E-state index in [1.807, 2.05) is 5.32 Å². The van der Waals surface area contributed by atoms with Gasteiger partial charge in [0.1, 0.15) is 36.5 Å². The van der Waals surface area contributed by atoms with Crippen LogP contribution in [0.1, 0.15) is 78.1 Å². The Morgan fingerprint density at radius 2 is 1.05 bits per heavy atom. The van der Waals surface area contributed by atoms with Crippen molar-refractivity contribution in [2.24, 2.45) is 5.92 Å². The minimum absolute atomic E-state index is 0.135. The van der Waals surface area contributed by atoms with E-state index in [9.17, 15) is 76.1 Å². The van der Waals surface area contributed by atoms with Gasteiger partial charge in [0.25, 0.3) is 0 Å². The van der Waals surface area contributed by atoms with Crippen LogP contribution in [0.25, 0.3) is 0 Å². The largest absolute Gasteiger partial charge is 0.481 e. The SMILES string of the molecule is CC[C@H](C)[C@@H](NC(=O)[C@H](CCSC)NC(=O)[C@H](CCC(=O)O)NC(=O)[C@H](CC(=O)O)NC(=O)CCC(=O)O)C(=O)N[C@@H](CCC(=O)O)C(=O)N[C@H](C=O)CC(F)(F)F. The molecule has 0 heterocycles. The molecule has 0 unspecified atom stereocenters. The predicted octanol–water partition coefficient (Wildman–Crippen LogP) is -1.09. The van der Waals surface area contributed by atoms with Crippen LogP contribution < -0.4 is 31.9 Å². The monoisotopic (exact) mass is 858 g/mol. The van der Waals surface area contributed by atoms with Gasteiger partial charge in [-0.2, -0.15) is 24.9 Å². The summed E-state index contributed by atoms with van der Waals surface area (Å²) in [7, 11) is 0. The van der Waals surface area contributed by atoms with Gasteiger partial charge in [-0.1, -0.05) is 20.3 Å². The Labute approximate surface area is 333 Å². The summed E-state index contributed by atoms with van der Waals surface area (Å²) in [6.45, 7) is 3.09. The van der Waals surface area contributed by atoms with E-state index in [0.29, 0.717) is 0 Å². The van der Waals surface area contributed by atoms with E-state index in [2.05, 4.69) is 21.3 Å². The number of carbonyl (C=O) groups is 11. The Hall–Kier alpha value is -5.49. The number of amides is 6. The third-order valence-electron chi connectivity index (χ3n) is 8.14. The highest BCUT2D eigenvalue weighted by Gasteiger charge is 2.37. The van der Waals surface area contributed by atoms with Gasteiger partial charge in [-0.25, -0.2) is 0 Å². The molecule has 0 aliphatic heterocycles. The fraction of sp³-hybridized carbons (Fsp3) is 0.667. The number of halogens is 3. The molecule has 328 valence electrons. The van der Waals surface area contributed by atoms with Gasteiger partial charge in [0.05, 0.1) is 25.3 Å². The number of nitrogens with one attached hydrogen (secondary N) is 6. The predicted molar refractivity (Wildman–Crippen MR) is 194 cm³/mol. The number of carbonyl (C=O) groups excluding carboxylic acids is 7. The molecule has 0 aliphatic rings. The summed E-state index contributed by atoms with van der Waals surface area (Å²) >= 11 is 1.22. The molecular formula is C33H49F3N6O15S. The summed E-state index contributed by atoms with van der Waals surface area (Å²) in [4.78, 5) is 135. The Kier molecular flexibility index (Phi) is 23.9. The number of aldehydes is 1. The van der Waals surface area contributed by atoms with Gasteiger partial charge in [0.15, 0.2) is 0 Å². The van der Waals surface area contributed by atoms with E-state index in [0.717, 1.165) is 0 Å². The van der Waals surface area contributed by atoms with Gasteiger partial charge in [0, 0.05) is 19.3 Å². The zero-order chi connectivity index (χ0) is 44.7. The number of carboxylic acids is 4. The first-order valence-corrected chi connectivity index (χ1v) is 19.0. The van der Waals surface area contributed by atoms with Crippen molar-refractivity contribution < 1.29 is 86.3 Å². The summed E-state index contributed by atoms with van der Waals surface area (Å²) in [6, 6.07) is -10.5. The lowest BCUT2D eigenvalue weighted by Crippen LogP contribution is -2.60. The zero-order valence-corrected chi connectivity index (χ0v) is 32.5. The van der Waals surface area contributed by atoms with E-state index in [4.69, 9.17) is 10.2 Å². The van der Waals surface area contributed by atoms with Crippen molar-refractivity contribution in [2.45, 2.75) is 120 Å². The van der Waals surface area contributed by atoms with Crippen molar-refractivity contribution in [1.29, 1.82) is 0 Å². The number of carboxylic acid groups (broad SMARTS) is 4. The smallest absolute Gasteiger partial charge is 0.391 e. The van der Waals surface area contributed by atoms with E-state index < -0.39 is 159 Å². The lowest BCUT2D eigenvalue weighted by molar-refractivity contribution is -0.147.